The van der Waals surface area contributed by atoms with E-state index < -0.39 is 29.8 Å². The fourth-order valence-corrected chi connectivity index (χ4v) is 2.87. The fraction of sp³-hybridized carbons (Fsp3) is 0.278. The Kier molecular flexibility index (Phi) is 6.48. The molecule has 0 saturated heterocycles. The average molecular weight is 398 g/mol. The molecule has 1 amide bonds. The molecular weight excluding hydrogens is 381 g/mol. The summed E-state index contributed by atoms with van der Waals surface area (Å²) in [7, 11) is 0. The largest absolute Gasteiger partial charge is 0.481 e. The summed E-state index contributed by atoms with van der Waals surface area (Å²) in [4.78, 5) is 28.0. The molecule has 1 heterocycles. The maximum absolute atomic E-state index is 12.7. The minimum Gasteiger partial charge on any atom is -0.481 e. The number of halogens is 3. The lowest BCUT2D eigenvalue weighted by molar-refractivity contribution is -0.141. The Morgan fingerprint density at radius 2 is 1.81 bits per heavy atom. The van der Waals surface area contributed by atoms with Crippen molar-refractivity contribution >= 4 is 23.6 Å². The lowest BCUT2D eigenvalue weighted by Gasteiger charge is -2.19. The number of benzene rings is 1. The molecule has 5 nitrogen and oxygen atoms in total. The molecule has 9 heteroatoms. The van der Waals surface area contributed by atoms with Gasteiger partial charge in [-0.3, -0.25) is 9.59 Å². The van der Waals surface area contributed by atoms with E-state index >= 15 is 0 Å². The molecule has 1 unspecified atom stereocenters. The van der Waals surface area contributed by atoms with Crippen molar-refractivity contribution in [3.8, 4) is 0 Å². The topological polar surface area (TPSA) is 79.3 Å². The van der Waals surface area contributed by atoms with Gasteiger partial charge in [-0.1, -0.05) is 12.1 Å². The number of hydrogen-bond acceptors (Lipinski definition) is 4. The van der Waals surface area contributed by atoms with Gasteiger partial charge in [-0.25, -0.2) is 4.98 Å². The summed E-state index contributed by atoms with van der Waals surface area (Å²) < 4.78 is 38.1. The zero-order valence-electron chi connectivity index (χ0n) is 14.5. The molecule has 27 heavy (non-hydrogen) atoms. The molecule has 0 aliphatic carbocycles. The summed E-state index contributed by atoms with van der Waals surface area (Å²) >= 11 is 1.52. The number of carbonyl (C=O) groups is 2. The first-order chi connectivity index (χ1) is 12.6. The molecule has 0 bridgehead atoms. The third-order valence-electron chi connectivity index (χ3n) is 3.82. The number of aryl methyl sites for hydroxylation is 1. The molecule has 1 aromatic heterocycles. The van der Waals surface area contributed by atoms with Crippen molar-refractivity contribution in [2.24, 2.45) is 0 Å². The monoisotopic (exact) mass is 398 g/mol. The van der Waals surface area contributed by atoms with Crippen LogP contribution in [-0.4, -0.2) is 28.2 Å². The molecule has 0 aliphatic rings. The summed E-state index contributed by atoms with van der Waals surface area (Å²) in [6, 6.07) is 7.94. The van der Waals surface area contributed by atoms with Crippen molar-refractivity contribution in [2.45, 2.75) is 30.5 Å². The number of aliphatic carboxylic acids is 1. The van der Waals surface area contributed by atoms with E-state index in [1.807, 2.05) is 6.26 Å². The van der Waals surface area contributed by atoms with Gasteiger partial charge in [0.25, 0.3) is 5.91 Å². The second-order valence-electron chi connectivity index (χ2n) is 5.72. The van der Waals surface area contributed by atoms with E-state index in [4.69, 9.17) is 5.11 Å². The van der Waals surface area contributed by atoms with Gasteiger partial charge in [-0.05, 0) is 43.0 Å². The number of rotatable bonds is 6. The number of carboxylic acid groups (broad SMARTS) is 1. The summed E-state index contributed by atoms with van der Waals surface area (Å²) in [5.74, 6) is -1.80. The van der Waals surface area contributed by atoms with Crippen molar-refractivity contribution in [1.29, 1.82) is 0 Å². The zero-order valence-corrected chi connectivity index (χ0v) is 15.3. The van der Waals surface area contributed by atoms with Gasteiger partial charge in [0.05, 0.1) is 23.7 Å². The fourth-order valence-electron chi connectivity index (χ4n) is 2.46. The lowest BCUT2D eigenvalue weighted by atomic mass is 10.0. The number of carbonyl (C=O) groups excluding carboxylic acids is 1. The second kappa shape index (κ2) is 8.43. The minimum atomic E-state index is -4.61. The molecule has 1 atom stereocenters. The first-order valence-corrected chi connectivity index (χ1v) is 9.05. The summed E-state index contributed by atoms with van der Waals surface area (Å²) in [5.41, 5.74) is -0.638. The van der Waals surface area contributed by atoms with Crippen LogP contribution in [0.5, 0.6) is 0 Å². The standard InChI is InChI=1S/C18H17F3N2O3S/c1-10-13(7-8-15(22-10)18(19,20)21)17(26)23-14(9-16(24)25)11-3-5-12(27-2)6-4-11/h3-8,14H,9H2,1-2H3,(H,23,26)(H,24,25). The normalized spacial score (nSPS) is 12.5. The number of amides is 1. The van der Waals surface area contributed by atoms with Crippen molar-refractivity contribution in [1.82, 2.24) is 10.3 Å². The Morgan fingerprint density at radius 1 is 1.19 bits per heavy atom. The molecule has 2 aromatic rings. The molecule has 0 saturated carbocycles. The molecule has 2 N–H and O–H groups in total. The Hall–Kier alpha value is -2.55. The quantitative estimate of drug-likeness (QED) is 0.717. The molecule has 1 aromatic carbocycles. The number of pyridine rings is 1. The van der Waals surface area contributed by atoms with Gasteiger partial charge >= 0.3 is 12.1 Å². The van der Waals surface area contributed by atoms with Gasteiger partial charge in [0.15, 0.2) is 0 Å². The SMILES string of the molecule is CSc1ccc(C(CC(=O)O)NC(=O)c2ccc(C(F)(F)F)nc2C)cc1. The van der Waals surface area contributed by atoms with Crippen LogP contribution >= 0.6 is 11.8 Å². The van der Waals surface area contributed by atoms with E-state index in [9.17, 15) is 22.8 Å². The van der Waals surface area contributed by atoms with Gasteiger partial charge in [-0.15, -0.1) is 11.8 Å². The number of thioether (sulfide) groups is 1. The Balaban J connectivity index is 2.26. The lowest BCUT2D eigenvalue weighted by Crippen LogP contribution is -2.31. The van der Waals surface area contributed by atoms with Crippen LogP contribution in [-0.2, 0) is 11.0 Å². The van der Waals surface area contributed by atoms with Gasteiger partial charge in [0, 0.05) is 4.90 Å². The Bertz CT molecular complexity index is 839. The average Bonchev–Trinajstić information content (AvgIpc) is 2.60. The highest BCUT2D eigenvalue weighted by Crippen LogP contribution is 2.28. The van der Waals surface area contributed by atoms with Crippen LogP contribution in [0.3, 0.4) is 0 Å². The summed E-state index contributed by atoms with van der Waals surface area (Å²) in [5, 5.41) is 11.7. The van der Waals surface area contributed by atoms with Crippen molar-refractivity contribution in [2.75, 3.05) is 6.26 Å². The van der Waals surface area contributed by atoms with Gasteiger partial charge in [-0.2, -0.15) is 13.2 Å². The number of hydrogen-bond donors (Lipinski definition) is 2. The second-order valence-corrected chi connectivity index (χ2v) is 6.60. The predicted molar refractivity (Wildman–Crippen MR) is 94.7 cm³/mol. The molecule has 0 spiro atoms. The van der Waals surface area contributed by atoms with Crippen molar-refractivity contribution in [3.63, 3.8) is 0 Å². The zero-order chi connectivity index (χ0) is 20.2. The van der Waals surface area contributed by atoms with Crippen LogP contribution in [0.25, 0.3) is 0 Å². The van der Waals surface area contributed by atoms with Crippen LogP contribution in [0.4, 0.5) is 13.2 Å². The highest BCUT2D eigenvalue weighted by molar-refractivity contribution is 7.98. The van der Waals surface area contributed by atoms with E-state index in [0.717, 1.165) is 17.0 Å². The van der Waals surface area contributed by atoms with Crippen LogP contribution < -0.4 is 5.32 Å². The van der Waals surface area contributed by atoms with Crippen LogP contribution in [0, 0.1) is 6.92 Å². The molecule has 0 aliphatic heterocycles. The van der Waals surface area contributed by atoms with E-state index in [2.05, 4.69) is 10.3 Å². The van der Waals surface area contributed by atoms with E-state index in [1.54, 1.807) is 24.3 Å². The van der Waals surface area contributed by atoms with E-state index in [0.29, 0.717) is 5.56 Å². The van der Waals surface area contributed by atoms with Crippen LogP contribution in [0.2, 0.25) is 0 Å². The van der Waals surface area contributed by atoms with Crippen LogP contribution in [0.15, 0.2) is 41.3 Å². The van der Waals surface area contributed by atoms with Gasteiger partial charge < -0.3 is 10.4 Å². The minimum absolute atomic E-state index is 0.0425. The molecule has 2 rings (SSSR count). The van der Waals surface area contributed by atoms with E-state index in [-0.39, 0.29) is 17.7 Å². The third-order valence-corrected chi connectivity index (χ3v) is 4.57. The van der Waals surface area contributed by atoms with Gasteiger partial charge in [0.2, 0.25) is 0 Å². The van der Waals surface area contributed by atoms with Crippen molar-refractivity contribution in [3.05, 3.63) is 58.9 Å². The first-order valence-electron chi connectivity index (χ1n) is 7.83. The molecule has 0 fully saturated rings. The summed E-state index contributed by atoms with van der Waals surface area (Å²) in [6.45, 7) is 1.30. The highest BCUT2D eigenvalue weighted by Gasteiger charge is 2.33. The summed E-state index contributed by atoms with van der Waals surface area (Å²) in [6.07, 6.45) is -3.08. The molecular formula is C18H17F3N2O3S. The van der Waals surface area contributed by atoms with Gasteiger partial charge in [0.1, 0.15) is 5.69 Å². The van der Waals surface area contributed by atoms with Crippen LogP contribution in [0.1, 0.15) is 39.8 Å². The molecule has 0 radical (unpaired) electrons. The predicted octanol–water partition coefficient (Wildman–Crippen LogP) is 4.08. The van der Waals surface area contributed by atoms with Crippen molar-refractivity contribution < 1.29 is 27.9 Å². The van der Waals surface area contributed by atoms with E-state index in [1.165, 1.54) is 18.7 Å². The Morgan fingerprint density at radius 3 is 2.30 bits per heavy atom. The highest BCUT2D eigenvalue weighted by atomic mass is 32.2. The number of alkyl halides is 3. The number of carboxylic acids is 1. The number of nitrogens with one attached hydrogen (secondary N) is 1. The smallest absolute Gasteiger partial charge is 0.433 e. The Labute approximate surface area is 158 Å². The number of aromatic nitrogens is 1. The third kappa shape index (κ3) is 5.46. The maximum Gasteiger partial charge on any atom is 0.433 e. The maximum atomic E-state index is 12.7. The first kappa shape index (κ1) is 20.8. The molecule has 144 valence electrons. The number of nitrogens with zero attached hydrogens (tertiary/aromatic N) is 1.